The smallest absolute Gasteiger partial charge is 0.245 e. The van der Waals surface area contributed by atoms with Crippen LogP contribution in [0.4, 0.5) is 4.39 Å². The van der Waals surface area contributed by atoms with E-state index in [2.05, 4.69) is 54.1 Å². The highest BCUT2D eigenvalue weighted by Gasteiger charge is 2.40. The number of hydrogen-bond donors (Lipinski definition) is 13. The second-order valence-corrected chi connectivity index (χ2v) is 24.0. The largest absolute Gasteiger partial charge is 0.494 e. The summed E-state index contributed by atoms with van der Waals surface area (Å²) < 4.78 is 19.8. The number of carbonyl (C=O) groups is 10. The van der Waals surface area contributed by atoms with Gasteiger partial charge in [-0.05, 0) is 99.6 Å². The number of likely N-dealkylation sites (tertiary alicyclic amines) is 1. The zero-order chi connectivity index (χ0) is 68.8. The first kappa shape index (κ1) is 78.7. The first-order valence-electron chi connectivity index (χ1n) is 32.9. The summed E-state index contributed by atoms with van der Waals surface area (Å²) >= 11 is 0. The minimum Gasteiger partial charge on any atom is -0.494 e. The van der Waals surface area contributed by atoms with Crippen LogP contribution >= 0.6 is 0 Å². The quantitative estimate of drug-likeness (QED) is 0.0256. The highest BCUT2D eigenvalue weighted by Crippen LogP contribution is 2.21. The number of carbonyl (C=O) groups excluding carboxylic acids is 10. The van der Waals surface area contributed by atoms with E-state index in [-0.39, 0.29) is 95.2 Å². The van der Waals surface area contributed by atoms with Crippen molar-refractivity contribution in [2.75, 3.05) is 26.2 Å². The third-order valence-electron chi connectivity index (χ3n) is 15.9. The fourth-order valence-electron chi connectivity index (χ4n) is 10.7. The van der Waals surface area contributed by atoms with Crippen molar-refractivity contribution in [3.05, 3.63) is 65.5 Å². The Balaban J connectivity index is 1.82. The number of benzene rings is 2. The molecule has 2 aromatic rings. The highest BCUT2D eigenvalue weighted by molar-refractivity contribution is 5.99. The normalized spacial score (nSPS) is 15.0. The van der Waals surface area contributed by atoms with Gasteiger partial charge in [-0.15, -0.1) is 0 Å². The van der Waals surface area contributed by atoms with Gasteiger partial charge in [-0.1, -0.05) is 123 Å². The Labute approximate surface area is 546 Å². The van der Waals surface area contributed by atoms with E-state index >= 15 is 0 Å². The van der Waals surface area contributed by atoms with E-state index in [1.165, 1.54) is 74.1 Å². The number of ether oxygens (including phenoxy) is 1. The van der Waals surface area contributed by atoms with Gasteiger partial charge in [0, 0.05) is 38.9 Å². The fourth-order valence-corrected chi connectivity index (χ4v) is 10.7. The van der Waals surface area contributed by atoms with Crippen molar-refractivity contribution in [1.82, 2.24) is 42.1 Å². The Hall–Kier alpha value is -8.59. The summed E-state index contributed by atoms with van der Waals surface area (Å²) in [4.78, 5) is 147. The number of unbranched alkanes of at least 4 members (excludes halogenated alkanes) is 11. The Morgan fingerprint density at radius 1 is 0.548 bits per heavy atom. The minimum atomic E-state index is -1.70. The van der Waals surface area contributed by atoms with Gasteiger partial charge < -0.3 is 81.3 Å². The number of aliphatic imine (C=N–C) groups is 2. The zero-order valence-corrected chi connectivity index (χ0v) is 55.1. The topological polar surface area (TPSA) is 448 Å². The Kier molecular flexibility index (Phi) is 36.6. The number of nitrogens with one attached hydrogen (secondary N) is 7. The van der Waals surface area contributed by atoms with Crippen LogP contribution in [0.5, 0.6) is 5.75 Å². The van der Waals surface area contributed by atoms with Crippen molar-refractivity contribution in [2.24, 2.45) is 50.3 Å². The van der Waals surface area contributed by atoms with E-state index < -0.39 is 120 Å². The molecular formula is C65H105FN16O11. The molecule has 3 rings (SSSR count). The monoisotopic (exact) mass is 1300 g/mol. The number of primary amides is 2. The molecule has 1 aliphatic heterocycles. The lowest BCUT2D eigenvalue weighted by molar-refractivity contribution is -0.143. The molecule has 10 amide bonds. The molecule has 0 aromatic heterocycles. The van der Waals surface area contributed by atoms with Gasteiger partial charge >= 0.3 is 0 Å². The third kappa shape index (κ3) is 30.6. The van der Waals surface area contributed by atoms with Crippen molar-refractivity contribution < 1.29 is 57.1 Å². The lowest BCUT2D eigenvalue weighted by Gasteiger charge is -2.31. The molecule has 1 heterocycles. The molecule has 1 saturated heterocycles. The van der Waals surface area contributed by atoms with Crippen molar-refractivity contribution >= 4 is 71.0 Å². The van der Waals surface area contributed by atoms with E-state index in [4.69, 9.17) is 39.1 Å². The first-order chi connectivity index (χ1) is 44.4. The lowest BCUT2D eigenvalue weighted by Crippen LogP contribution is -2.61. The van der Waals surface area contributed by atoms with Crippen LogP contribution in [-0.2, 0) is 60.8 Å². The Morgan fingerprint density at radius 2 is 1.02 bits per heavy atom. The Morgan fingerprint density at radius 3 is 1.54 bits per heavy atom. The first-order valence-corrected chi connectivity index (χ1v) is 32.9. The molecule has 518 valence electrons. The van der Waals surface area contributed by atoms with E-state index in [0.717, 1.165) is 25.7 Å². The zero-order valence-electron chi connectivity index (χ0n) is 55.1. The number of hydrogen-bond acceptors (Lipinski definition) is 13. The number of nitrogens with zero attached hydrogens (tertiary/aromatic N) is 3. The van der Waals surface area contributed by atoms with Crippen LogP contribution in [-0.4, -0.2) is 150 Å². The van der Waals surface area contributed by atoms with Crippen LogP contribution in [0.3, 0.4) is 0 Å². The molecule has 2 aromatic carbocycles. The van der Waals surface area contributed by atoms with E-state index in [9.17, 15) is 52.3 Å². The second kappa shape index (κ2) is 43.3. The number of amides is 10. The molecular weight excluding hydrogens is 1200 g/mol. The van der Waals surface area contributed by atoms with Gasteiger partial charge in [-0.3, -0.25) is 57.9 Å². The molecule has 1 fully saturated rings. The average molecular weight is 1310 g/mol. The molecule has 0 unspecified atom stereocenters. The molecule has 93 heavy (non-hydrogen) atoms. The summed E-state index contributed by atoms with van der Waals surface area (Å²) in [5.74, 6) is -8.90. The predicted molar refractivity (Wildman–Crippen MR) is 353 cm³/mol. The van der Waals surface area contributed by atoms with Crippen LogP contribution in [0.1, 0.15) is 181 Å². The van der Waals surface area contributed by atoms with Crippen molar-refractivity contribution in [2.45, 2.75) is 231 Å². The molecule has 0 radical (unpaired) electrons. The fraction of sp³-hybridized carbons (Fsp3) is 0.631. The number of halogens is 1. The molecule has 0 saturated carbocycles. The lowest BCUT2D eigenvalue weighted by atomic mass is 9.99. The van der Waals surface area contributed by atoms with Gasteiger partial charge in [0.25, 0.3) is 0 Å². The maximum Gasteiger partial charge on any atom is 0.245 e. The summed E-state index contributed by atoms with van der Waals surface area (Å²) in [5.41, 5.74) is 34.1. The molecule has 27 nitrogen and oxygen atoms in total. The van der Waals surface area contributed by atoms with Gasteiger partial charge in [-0.2, -0.15) is 0 Å². The maximum absolute atomic E-state index is 14.6. The van der Waals surface area contributed by atoms with Gasteiger partial charge in [0.1, 0.15) is 59.9 Å². The summed E-state index contributed by atoms with van der Waals surface area (Å²) in [6, 6.07) is 1.70. The van der Waals surface area contributed by atoms with E-state index in [1.807, 2.05) is 6.92 Å². The number of guanidine groups is 2. The summed E-state index contributed by atoms with van der Waals surface area (Å²) in [5, 5.41) is 18.7. The van der Waals surface area contributed by atoms with Gasteiger partial charge in [0.2, 0.25) is 59.1 Å². The van der Waals surface area contributed by atoms with E-state index in [1.54, 1.807) is 45.0 Å². The average Bonchev–Trinajstić information content (AvgIpc) is 1.90. The molecule has 0 bridgehead atoms. The Bertz CT molecular complexity index is 2760. The van der Waals surface area contributed by atoms with Gasteiger partial charge in [0.15, 0.2) is 11.9 Å². The number of nitrogens with two attached hydrogens (primary N) is 6. The molecule has 19 N–H and O–H groups in total. The summed E-state index contributed by atoms with van der Waals surface area (Å²) in [7, 11) is 0. The molecule has 0 spiro atoms. The van der Waals surface area contributed by atoms with Crippen LogP contribution in [0, 0.1) is 11.7 Å². The maximum atomic E-state index is 14.6. The number of rotatable bonds is 46. The van der Waals surface area contributed by atoms with Crippen LogP contribution in [0.25, 0.3) is 0 Å². The third-order valence-corrected chi connectivity index (χ3v) is 15.9. The van der Waals surface area contributed by atoms with Gasteiger partial charge in [-0.25, -0.2) is 4.39 Å². The van der Waals surface area contributed by atoms with Crippen LogP contribution in [0.2, 0.25) is 0 Å². The van der Waals surface area contributed by atoms with Gasteiger partial charge in [0.05, 0.1) is 13.0 Å². The van der Waals surface area contributed by atoms with E-state index in [0.29, 0.717) is 36.3 Å². The molecule has 1 aliphatic rings. The standard InChI is InChI=1S/C65H105FN16O11/c1-6-9-10-11-12-13-14-15-16-17-18-19-26-54(84)75-49(38-43-29-33-45(34-30-43)93-8-3)58(87)79-50(39-42-27-31-44(66)32-28-42)60(89)81-55(41(4)5)62(91)80-51(40-53(67)83)59(88)76-46(7-2)63(92)82-37-22-25-52(82)61(90)78-48(24-21-36-74-65(71)72)57(86)77-47(56(68)85)23-20-35-73-64(69)70/h27-34,41,46-52,55H,6-26,35-40H2,1-5H3,(H2,67,83)(H2,68,85)(H,75,84)(H,76,88)(H,77,86)(H,78,90)(H,79,87)(H,80,91)(H,81,89)(H4,69,70,73)(H4,71,72,74)/t46-,47-,48-,49+,50-,51-,52-,55-/m0/s1. The summed E-state index contributed by atoms with van der Waals surface area (Å²) in [6.45, 7) is 9.59. The van der Waals surface area contributed by atoms with Crippen molar-refractivity contribution in [1.29, 1.82) is 0 Å². The SMILES string of the molecule is CCCCCCCCCCCCCCC(=O)N[C@H](Cc1ccc(OCC)cc1)C(=O)N[C@@H](Cc1ccc(F)cc1)C(=O)N[C@H](C(=O)N[C@@H](CC(N)=O)C(=O)N[C@@H](CC)C(=O)N1CCC[C@H]1C(=O)N[C@@H](CCCN=C(N)N)C(=O)N[C@@H](CCCN=C(N)N)C(N)=O)C(C)C. The highest BCUT2D eigenvalue weighted by atomic mass is 19.1. The van der Waals surface area contributed by atoms with Crippen LogP contribution < -0.4 is 76.4 Å². The molecule has 8 atom stereocenters. The van der Waals surface area contributed by atoms with Crippen LogP contribution in [0.15, 0.2) is 58.5 Å². The van der Waals surface area contributed by atoms with Crippen molar-refractivity contribution in [3.63, 3.8) is 0 Å². The second-order valence-electron chi connectivity index (χ2n) is 24.0. The molecule has 0 aliphatic carbocycles. The predicted octanol–water partition coefficient (Wildman–Crippen LogP) is 2.02. The summed E-state index contributed by atoms with van der Waals surface area (Å²) in [6.07, 6.45) is 13.6. The van der Waals surface area contributed by atoms with Crippen molar-refractivity contribution in [3.8, 4) is 5.75 Å². The minimum absolute atomic E-state index is 0.00335. The molecule has 28 heteroatoms.